The number of nitrogens with one attached hydrogen (secondary N) is 1. The number of aromatic nitrogens is 1. The third kappa shape index (κ3) is 2.35. The lowest BCUT2D eigenvalue weighted by atomic mass is 10.1. The Labute approximate surface area is 127 Å². The van der Waals surface area contributed by atoms with Crippen LogP contribution in [-0.2, 0) is 4.79 Å². The SMILES string of the molecule is O=C1Nc2c(Br)cc(Br)cc2C1=Cc1ccccn1. The summed E-state index contributed by atoms with van der Waals surface area (Å²) in [5.74, 6) is -0.112. The van der Waals surface area contributed by atoms with Gasteiger partial charge in [-0.2, -0.15) is 0 Å². The first-order chi connectivity index (χ1) is 9.15. The highest BCUT2D eigenvalue weighted by molar-refractivity contribution is 9.11. The zero-order chi connectivity index (χ0) is 13.4. The second-order valence-electron chi connectivity index (χ2n) is 4.08. The highest BCUT2D eigenvalue weighted by atomic mass is 79.9. The number of pyridine rings is 1. The topological polar surface area (TPSA) is 42.0 Å². The van der Waals surface area contributed by atoms with Gasteiger partial charge in [0.25, 0.3) is 5.91 Å². The maximum atomic E-state index is 12.1. The molecule has 0 saturated carbocycles. The third-order valence-corrected chi connectivity index (χ3v) is 3.89. The number of fused-ring (bicyclic) bond motifs is 1. The summed E-state index contributed by atoms with van der Waals surface area (Å²) in [5.41, 5.74) is 3.06. The van der Waals surface area contributed by atoms with Gasteiger partial charge in [0.2, 0.25) is 0 Å². The summed E-state index contributed by atoms with van der Waals surface area (Å²) >= 11 is 6.89. The van der Waals surface area contributed by atoms with Gasteiger partial charge in [-0.15, -0.1) is 0 Å². The maximum absolute atomic E-state index is 12.1. The molecule has 0 radical (unpaired) electrons. The number of anilines is 1. The van der Waals surface area contributed by atoms with E-state index in [4.69, 9.17) is 0 Å². The first-order valence-electron chi connectivity index (χ1n) is 5.58. The number of carbonyl (C=O) groups excluding carboxylic acids is 1. The number of hydrogen-bond donors (Lipinski definition) is 1. The summed E-state index contributed by atoms with van der Waals surface area (Å²) in [6, 6.07) is 9.43. The van der Waals surface area contributed by atoms with Gasteiger partial charge in [0, 0.05) is 20.7 Å². The van der Waals surface area contributed by atoms with Crippen molar-refractivity contribution in [3.8, 4) is 0 Å². The second-order valence-corrected chi connectivity index (χ2v) is 5.85. The molecule has 0 spiro atoms. The fourth-order valence-electron chi connectivity index (χ4n) is 1.97. The standard InChI is InChI=1S/C14H8Br2N2O/c15-8-5-10-11(7-9-3-1-2-4-17-9)14(19)18-13(10)12(16)6-8/h1-7H,(H,18,19). The number of rotatable bonds is 1. The summed E-state index contributed by atoms with van der Waals surface area (Å²) in [7, 11) is 0. The predicted octanol–water partition coefficient (Wildman–Crippen LogP) is 4.10. The van der Waals surface area contributed by atoms with Gasteiger partial charge in [0.05, 0.1) is 17.0 Å². The van der Waals surface area contributed by atoms with Crippen LogP contribution < -0.4 is 5.32 Å². The van der Waals surface area contributed by atoms with E-state index in [1.807, 2.05) is 30.3 Å². The maximum Gasteiger partial charge on any atom is 0.256 e. The summed E-state index contributed by atoms with van der Waals surface area (Å²) in [6.45, 7) is 0. The number of benzene rings is 1. The van der Waals surface area contributed by atoms with Crippen molar-refractivity contribution in [2.24, 2.45) is 0 Å². The van der Waals surface area contributed by atoms with Gasteiger partial charge in [-0.1, -0.05) is 22.0 Å². The van der Waals surface area contributed by atoms with Crippen molar-refractivity contribution in [3.63, 3.8) is 0 Å². The normalized spacial score (nSPS) is 15.5. The molecule has 0 atom stereocenters. The van der Waals surface area contributed by atoms with Crippen LogP contribution in [0.15, 0.2) is 45.5 Å². The van der Waals surface area contributed by atoms with Crippen molar-refractivity contribution in [1.82, 2.24) is 4.98 Å². The third-order valence-electron chi connectivity index (χ3n) is 2.81. The van der Waals surface area contributed by atoms with Crippen LogP contribution in [0.3, 0.4) is 0 Å². The Morgan fingerprint density at radius 3 is 2.79 bits per heavy atom. The lowest BCUT2D eigenvalue weighted by Crippen LogP contribution is -2.03. The molecule has 94 valence electrons. The van der Waals surface area contributed by atoms with Crippen LogP contribution in [0.5, 0.6) is 0 Å². The summed E-state index contributed by atoms with van der Waals surface area (Å²) < 4.78 is 1.77. The molecule has 1 N–H and O–H groups in total. The highest BCUT2D eigenvalue weighted by Gasteiger charge is 2.26. The van der Waals surface area contributed by atoms with E-state index in [9.17, 15) is 4.79 Å². The molecular formula is C14H8Br2N2O. The Balaban J connectivity index is 2.16. The van der Waals surface area contributed by atoms with E-state index in [1.54, 1.807) is 12.3 Å². The van der Waals surface area contributed by atoms with E-state index in [0.717, 1.165) is 25.9 Å². The van der Waals surface area contributed by atoms with Gasteiger partial charge in [-0.05, 0) is 46.3 Å². The van der Waals surface area contributed by atoms with E-state index >= 15 is 0 Å². The molecule has 0 saturated heterocycles. The second kappa shape index (κ2) is 4.90. The molecule has 1 aliphatic heterocycles. The Kier molecular flexibility index (Phi) is 3.24. The van der Waals surface area contributed by atoms with Crippen molar-refractivity contribution in [2.75, 3.05) is 5.32 Å². The van der Waals surface area contributed by atoms with Crippen LogP contribution in [0.25, 0.3) is 11.6 Å². The molecular weight excluding hydrogens is 372 g/mol. The molecule has 2 heterocycles. The zero-order valence-electron chi connectivity index (χ0n) is 9.65. The zero-order valence-corrected chi connectivity index (χ0v) is 12.8. The Morgan fingerprint density at radius 1 is 1.21 bits per heavy atom. The summed E-state index contributed by atoms with van der Waals surface area (Å²) in [6.07, 6.45) is 3.50. The number of hydrogen-bond acceptors (Lipinski definition) is 2. The fraction of sp³-hybridized carbons (Fsp3) is 0. The molecule has 2 aromatic rings. The predicted molar refractivity (Wildman–Crippen MR) is 82.6 cm³/mol. The van der Waals surface area contributed by atoms with Crippen molar-refractivity contribution in [2.45, 2.75) is 0 Å². The minimum atomic E-state index is -0.112. The number of carbonyl (C=O) groups is 1. The Bertz CT molecular complexity index is 696. The van der Waals surface area contributed by atoms with E-state index in [1.165, 1.54) is 0 Å². The molecule has 1 amide bonds. The van der Waals surface area contributed by atoms with Gasteiger partial charge >= 0.3 is 0 Å². The first kappa shape index (κ1) is 12.6. The lowest BCUT2D eigenvalue weighted by Gasteiger charge is -2.02. The van der Waals surface area contributed by atoms with Gasteiger partial charge in [0.15, 0.2) is 0 Å². The van der Waals surface area contributed by atoms with Crippen molar-refractivity contribution in [3.05, 3.63) is 56.7 Å². The van der Waals surface area contributed by atoms with Gasteiger partial charge < -0.3 is 5.32 Å². The Morgan fingerprint density at radius 2 is 2.05 bits per heavy atom. The fourth-order valence-corrected chi connectivity index (χ4v) is 3.29. The van der Waals surface area contributed by atoms with Gasteiger partial charge in [-0.25, -0.2) is 0 Å². The Hall–Kier alpha value is -1.46. The quantitative estimate of drug-likeness (QED) is 0.758. The van der Waals surface area contributed by atoms with Crippen molar-refractivity contribution >= 4 is 55.1 Å². The molecule has 19 heavy (non-hydrogen) atoms. The van der Waals surface area contributed by atoms with Crippen LogP contribution in [0.4, 0.5) is 5.69 Å². The van der Waals surface area contributed by atoms with Crippen LogP contribution in [0.1, 0.15) is 11.3 Å². The highest BCUT2D eigenvalue weighted by Crippen LogP contribution is 2.40. The van der Waals surface area contributed by atoms with Crippen LogP contribution in [-0.4, -0.2) is 10.9 Å². The molecule has 0 unspecified atom stereocenters. The number of halogens is 2. The first-order valence-corrected chi connectivity index (χ1v) is 7.17. The molecule has 1 aromatic carbocycles. The molecule has 3 rings (SSSR count). The van der Waals surface area contributed by atoms with Crippen molar-refractivity contribution in [1.29, 1.82) is 0 Å². The molecule has 5 heteroatoms. The molecule has 3 nitrogen and oxygen atoms in total. The molecule has 0 bridgehead atoms. The lowest BCUT2D eigenvalue weighted by molar-refractivity contribution is -0.110. The average molecular weight is 380 g/mol. The van der Waals surface area contributed by atoms with Crippen LogP contribution in [0.2, 0.25) is 0 Å². The van der Waals surface area contributed by atoms with Crippen LogP contribution >= 0.6 is 31.9 Å². The largest absolute Gasteiger partial charge is 0.320 e. The summed E-state index contributed by atoms with van der Waals surface area (Å²) in [5, 5.41) is 2.86. The minimum Gasteiger partial charge on any atom is -0.320 e. The number of amides is 1. The van der Waals surface area contributed by atoms with E-state index < -0.39 is 0 Å². The van der Waals surface area contributed by atoms with Gasteiger partial charge in [-0.3, -0.25) is 9.78 Å². The van der Waals surface area contributed by atoms with E-state index in [2.05, 4.69) is 42.2 Å². The minimum absolute atomic E-state index is 0.112. The monoisotopic (exact) mass is 378 g/mol. The van der Waals surface area contributed by atoms with Crippen molar-refractivity contribution < 1.29 is 4.79 Å². The molecule has 0 aliphatic carbocycles. The molecule has 0 fully saturated rings. The summed E-state index contributed by atoms with van der Waals surface area (Å²) in [4.78, 5) is 16.3. The average Bonchev–Trinajstić information content (AvgIpc) is 2.69. The van der Waals surface area contributed by atoms with Crippen LogP contribution in [0, 0.1) is 0 Å². The smallest absolute Gasteiger partial charge is 0.256 e. The molecule has 1 aliphatic rings. The van der Waals surface area contributed by atoms with E-state index in [0.29, 0.717) is 5.57 Å². The van der Waals surface area contributed by atoms with E-state index in [-0.39, 0.29) is 5.91 Å². The molecule has 1 aromatic heterocycles. The van der Waals surface area contributed by atoms with Gasteiger partial charge in [0.1, 0.15) is 0 Å². The number of nitrogens with zero attached hydrogens (tertiary/aromatic N) is 1.